The summed E-state index contributed by atoms with van der Waals surface area (Å²) in [5.74, 6) is 2.03. The third-order valence-electron chi connectivity index (χ3n) is 5.49. The van der Waals surface area contributed by atoms with E-state index >= 15 is 0 Å². The molecular weight excluding hydrogens is 350 g/mol. The monoisotopic (exact) mass is 379 g/mol. The highest BCUT2D eigenvalue weighted by Gasteiger charge is 2.21. The molecule has 4 rings (SSSR count). The zero-order valence-electron chi connectivity index (χ0n) is 17.1. The first-order valence-corrected chi connectivity index (χ1v) is 10.2. The largest absolute Gasteiger partial charge is 0.341 e. The lowest BCUT2D eigenvalue weighted by Crippen LogP contribution is -2.25. The summed E-state index contributed by atoms with van der Waals surface area (Å²) < 4.78 is 0. The van der Waals surface area contributed by atoms with Gasteiger partial charge in [0, 0.05) is 31.7 Å². The van der Waals surface area contributed by atoms with Crippen molar-refractivity contribution in [1.29, 1.82) is 0 Å². The summed E-state index contributed by atoms with van der Waals surface area (Å²) in [5, 5.41) is 4.43. The number of hydrazone groups is 1. The molecule has 1 aromatic carbocycles. The molecule has 0 bridgehead atoms. The minimum atomic E-state index is 0.512. The van der Waals surface area contributed by atoms with Crippen LogP contribution in [0.15, 0.2) is 17.2 Å². The van der Waals surface area contributed by atoms with Crippen LogP contribution in [-0.2, 0) is 0 Å². The summed E-state index contributed by atoms with van der Waals surface area (Å²) >= 11 is 0. The summed E-state index contributed by atoms with van der Waals surface area (Å²) in [6.45, 7) is 10.4. The molecule has 0 amide bonds. The van der Waals surface area contributed by atoms with Crippen molar-refractivity contribution in [3.05, 3.63) is 34.4 Å². The first-order valence-electron chi connectivity index (χ1n) is 10.2. The zero-order chi connectivity index (χ0) is 19.5. The minimum absolute atomic E-state index is 0.512. The smallest absolute Gasteiger partial charge is 0.250 e. The highest BCUT2D eigenvalue weighted by Crippen LogP contribution is 2.23. The molecule has 0 radical (unpaired) electrons. The minimum Gasteiger partial charge on any atom is -0.341 e. The van der Waals surface area contributed by atoms with Gasteiger partial charge in [-0.25, -0.2) is 5.43 Å². The molecular formula is C21H29N7. The molecule has 1 N–H and O–H groups in total. The van der Waals surface area contributed by atoms with Crippen LogP contribution in [-0.4, -0.2) is 47.3 Å². The molecule has 2 saturated heterocycles. The van der Waals surface area contributed by atoms with Gasteiger partial charge < -0.3 is 9.80 Å². The fourth-order valence-electron chi connectivity index (χ4n) is 4.07. The van der Waals surface area contributed by atoms with Gasteiger partial charge in [0.05, 0.1) is 6.21 Å². The van der Waals surface area contributed by atoms with Crippen LogP contribution in [0.3, 0.4) is 0 Å². The molecule has 148 valence electrons. The number of hydrogen-bond acceptors (Lipinski definition) is 7. The van der Waals surface area contributed by atoms with Crippen LogP contribution < -0.4 is 15.2 Å². The van der Waals surface area contributed by atoms with E-state index in [1.54, 1.807) is 0 Å². The number of nitrogens with zero attached hydrogens (tertiary/aromatic N) is 6. The van der Waals surface area contributed by atoms with E-state index in [0.717, 1.165) is 43.6 Å². The third-order valence-corrected chi connectivity index (χ3v) is 5.49. The quantitative estimate of drug-likeness (QED) is 0.634. The van der Waals surface area contributed by atoms with Crippen LogP contribution in [0.4, 0.5) is 17.8 Å². The molecule has 7 heteroatoms. The highest BCUT2D eigenvalue weighted by molar-refractivity contribution is 5.84. The molecule has 0 aliphatic carbocycles. The van der Waals surface area contributed by atoms with E-state index in [-0.39, 0.29) is 0 Å². The standard InChI is InChI=1S/C21H29N7/c1-15-12-16(2)18(17(3)13-15)14-22-26-19-23-20(27-8-4-5-9-27)25-21(24-19)28-10-6-7-11-28/h12-14H,4-11H2,1-3H3,(H,23,24,25,26)/b22-14-. The fourth-order valence-corrected chi connectivity index (χ4v) is 4.07. The van der Waals surface area contributed by atoms with E-state index in [4.69, 9.17) is 4.98 Å². The molecule has 2 aliphatic rings. The summed E-state index contributed by atoms with van der Waals surface area (Å²) in [6.07, 6.45) is 6.63. The Morgan fingerprint density at radius 2 is 1.32 bits per heavy atom. The maximum Gasteiger partial charge on any atom is 0.250 e. The SMILES string of the molecule is Cc1cc(C)c(/C=N\Nc2nc(N3CCCC3)nc(N3CCCC3)n2)c(C)c1. The van der Waals surface area contributed by atoms with E-state index in [1.165, 1.54) is 42.4 Å². The second kappa shape index (κ2) is 8.12. The van der Waals surface area contributed by atoms with Crippen LogP contribution in [0.25, 0.3) is 0 Å². The second-order valence-electron chi connectivity index (χ2n) is 7.83. The molecule has 0 unspecified atom stereocenters. The van der Waals surface area contributed by atoms with Gasteiger partial charge in [0.15, 0.2) is 0 Å². The van der Waals surface area contributed by atoms with Gasteiger partial charge in [-0.05, 0) is 57.6 Å². The molecule has 0 atom stereocenters. The van der Waals surface area contributed by atoms with Crippen molar-refractivity contribution in [3.8, 4) is 0 Å². The average molecular weight is 380 g/mol. The van der Waals surface area contributed by atoms with Gasteiger partial charge in [0.1, 0.15) is 0 Å². The van der Waals surface area contributed by atoms with Crippen LogP contribution in [0.5, 0.6) is 0 Å². The maximum absolute atomic E-state index is 4.74. The first-order chi connectivity index (χ1) is 13.6. The Balaban J connectivity index is 1.58. The topological polar surface area (TPSA) is 69.5 Å². The lowest BCUT2D eigenvalue weighted by atomic mass is 10.0. The third kappa shape index (κ3) is 4.08. The van der Waals surface area contributed by atoms with Crippen molar-refractivity contribution >= 4 is 24.1 Å². The molecule has 0 spiro atoms. The molecule has 2 aliphatic heterocycles. The predicted molar refractivity (Wildman–Crippen MR) is 115 cm³/mol. The summed E-state index contributed by atoms with van der Waals surface area (Å²) in [7, 11) is 0. The van der Waals surface area contributed by atoms with Crippen LogP contribution in [0.1, 0.15) is 47.9 Å². The Morgan fingerprint density at radius 1 is 0.821 bits per heavy atom. The predicted octanol–water partition coefficient (Wildman–Crippen LogP) is 3.44. The van der Waals surface area contributed by atoms with E-state index < -0.39 is 0 Å². The fraction of sp³-hybridized carbons (Fsp3) is 0.524. The number of aromatic nitrogens is 3. The van der Waals surface area contributed by atoms with Crippen molar-refractivity contribution in [1.82, 2.24) is 15.0 Å². The van der Waals surface area contributed by atoms with Crippen molar-refractivity contribution in [2.24, 2.45) is 5.10 Å². The molecule has 0 saturated carbocycles. The number of benzene rings is 1. The average Bonchev–Trinajstić information content (AvgIpc) is 3.37. The summed E-state index contributed by atoms with van der Waals surface area (Å²) in [5.41, 5.74) is 7.88. The van der Waals surface area contributed by atoms with Crippen molar-refractivity contribution in [2.45, 2.75) is 46.5 Å². The second-order valence-corrected chi connectivity index (χ2v) is 7.83. The molecule has 28 heavy (non-hydrogen) atoms. The lowest BCUT2D eigenvalue weighted by Gasteiger charge is -2.20. The first kappa shape index (κ1) is 18.7. The van der Waals surface area contributed by atoms with Gasteiger partial charge in [0.2, 0.25) is 17.8 Å². The van der Waals surface area contributed by atoms with Crippen molar-refractivity contribution < 1.29 is 0 Å². The Hall–Kier alpha value is -2.70. The summed E-state index contributed by atoms with van der Waals surface area (Å²) in [6, 6.07) is 4.35. The maximum atomic E-state index is 4.74. The van der Waals surface area contributed by atoms with E-state index in [0.29, 0.717) is 5.95 Å². The van der Waals surface area contributed by atoms with Gasteiger partial charge in [-0.1, -0.05) is 17.7 Å². The molecule has 7 nitrogen and oxygen atoms in total. The zero-order valence-corrected chi connectivity index (χ0v) is 17.1. The molecule has 2 aromatic rings. The number of hydrogen-bond donors (Lipinski definition) is 1. The van der Waals surface area contributed by atoms with Crippen molar-refractivity contribution in [3.63, 3.8) is 0 Å². The Bertz CT molecular complexity index is 808. The number of aryl methyl sites for hydroxylation is 3. The van der Waals surface area contributed by atoms with Gasteiger partial charge in [0.25, 0.3) is 0 Å². The van der Waals surface area contributed by atoms with Crippen molar-refractivity contribution in [2.75, 3.05) is 41.4 Å². The Labute approximate surface area is 166 Å². The Kier molecular flexibility index (Phi) is 5.41. The van der Waals surface area contributed by atoms with E-state index in [9.17, 15) is 0 Å². The van der Waals surface area contributed by atoms with Gasteiger partial charge >= 0.3 is 0 Å². The number of nitrogens with one attached hydrogen (secondary N) is 1. The van der Waals surface area contributed by atoms with Crippen LogP contribution >= 0.6 is 0 Å². The van der Waals surface area contributed by atoms with E-state index in [2.05, 4.69) is 63.2 Å². The molecule has 1 aromatic heterocycles. The van der Waals surface area contributed by atoms with Crippen LogP contribution in [0.2, 0.25) is 0 Å². The highest BCUT2D eigenvalue weighted by atomic mass is 15.4. The number of anilines is 3. The lowest BCUT2D eigenvalue weighted by molar-refractivity contribution is 0.838. The van der Waals surface area contributed by atoms with E-state index in [1.807, 2.05) is 6.21 Å². The normalized spacial score (nSPS) is 17.1. The number of rotatable bonds is 5. The molecule has 2 fully saturated rings. The van der Waals surface area contributed by atoms with Gasteiger partial charge in [-0.3, -0.25) is 0 Å². The Morgan fingerprint density at radius 3 is 1.82 bits per heavy atom. The van der Waals surface area contributed by atoms with Gasteiger partial charge in [-0.2, -0.15) is 20.1 Å². The van der Waals surface area contributed by atoms with Crippen LogP contribution in [0, 0.1) is 20.8 Å². The van der Waals surface area contributed by atoms with Gasteiger partial charge in [-0.15, -0.1) is 0 Å². The summed E-state index contributed by atoms with van der Waals surface area (Å²) in [4.78, 5) is 18.5. The molecule has 3 heterocycles.